The number of anilines is 1. The fraction of sp³-hybridized carbons (Fsp3) is 0.154. The zero-order valence-corrected chi connectivity index (χ0v) is 11.3. The van der Waals surface area contributed by atoms with Gasteiger partial charge in [0.15, 0.2) is 0 Å². The van der Waals surface area contributed by atoms with Gasteiger partial charge in [-0.05, 0) is 25.1 Å². The third-order valence-corrected chi connectivity index (χ3v) is 3.06. The number of ether oxygens (including phenoxy) is 1. The van der Waals surface area contributed by atoms with E-state index in [0.29, 0.717) is 28.2 Å². The summed E-state index contributed by atoms with van der Waals surface area (Å²) in [6.45, 7) is 2.42. The molecule has 0 saturated carbocycles. The van der Waals surface area contributed by atoms with Gasteiger partial charge >= 0.3 is 0 Å². The summed E-state index contributed by atoms with van der Waals surface area (Å²) in [6.07, 6.45) is 1.63. The molecule has 0 bridgehead atoms. The predicted molar refractivity (Wildman–Crippen MR) is 75.3 cm³/mol. The number of nitrogens with zero attached hydrogens (tertiary/aromatic N) is 1. The molecule has 2 rings (SSSR count). The van der Waals surface area contributed by atoms with E-state index in [2.05, 4.69) is 4.98 Å². The van der Waals surface area contributed by atoms with Gasteiger partial charge in [0, 0.05) is 23.4 Å². The first-order valence-corrected chi connectivity index (χ1v) is 6.21. The summed E-state index contributed by atoms with van der Waals surface area (Å²) < 4.78 is 5.38. The average molecular weight is 283 g/mol. The zero-order chi connectivity index (χ0) is 13.1. The highest BCUT2D eigenvalue weighted by molar-refractivity contribution is 6.36. The molecule has 0 radical (unpaired) electrons. The molecule has 0 aliphatic rings. The molecule has 94 valence electrons. The fourth-order valence-corrected chi connectivity index (χ4v) is 2.12. The molecular weight excluding hydrogens is 271 g/mol. The minimum Gasteiger partial charge on any atom is -0.492 e. The van der Waals surface area contributed by atoms with Gasteiger partial charge in [0.05, 0.1) is 16.7 Å². The van der Waals surface area contributed by atoms with Crippen molar-refractivity contribution in [1.82, 2.24) is 4.98 Å². The molecule has 1 aromatic carbocycles. The van der Waals surface area contributed by atoms with Crippen LogP contribution in [0.5, 0.6) is 5.75 Å². The number of rotatable bonds is 3. The molecule has 0 amide bonds. The molecule has 18 heavy (non-hydrogen) atoms. The predicted octanol–water partition coefficient (Wildman–Crippen LogP) is 4.04. The molecule has 0 aliphatic heterocycles. The molecule has 0 atom stereocenters. The third kappa shape index (κ3) is 2.52. The van der Waals surface area contributed by atoms with Crippen molar-refractivity contribution in [2.45, 2.75) is 6.92 Å². The number of hydrogen-bond donors (Lipinski definition) is 1. The van der Waals surface area contributed by atoms with Crippen molar-refractivity contribution in [3.8, 4) is 16.9 Å². The van der Waals surface area contributed by atoms with Crippen LogP contribution in [-0.4, -0.2) is 11.6 Å². The van der Waals surface area contributed by atoms with E-state index < -0.39 is 0 Å². The maximum Gasteiger partial charge on any atom is 0.139 e. The Kier molecular flexibility index (Phi) is 3.94. The largest absolute Gasteiger partial charge is 0.492 e. The summed E-state index contributed by atoms with van der Waals surface area (Å²) in [6, 6.07) is 7.07. The Morgan fingerprint density at radius 2 is 2.00 bits per heavy atom. The second kappa shape index (κ2) is 5.46. The summed E-state index contributed by atoms with van der Waals surface area (Å²) in [5, 5.41) is 1.03. The molecule has 2 N–H and O–H groups in total. The van der Waals surface area contributed by atoms with E-state index in [-0.39, 0.29) is 0 Å². The topological polar surface area (TPSA) is 48.1 Å². The van der Waals surface area contributed by atoms with E-state index in [1.165, 1.54) is 0 Å². The molecule has 0 fully saturated rings. The Morgan fingerprint density at radius 1 is 1.22 bits per heavy atom. The average Bonchev–Trinajstić information content (AvgIpc) is 2.35. The molecule has 5 heteroatoms. The van der Waals surface area contributed by atoms with Crippen molar-refractivity contribution in [3.63, 3.8) is 0 Å². The highest BCUT2D eigenvalue weighted by Crippen LogP contribution is 2.38. The SMILES string of the molecule is CCOc1cc(Cl)c(-c2cccnc2N)cc1Cl. The quantitative estimate of drug-likeness (QED) is 0.924. The lowest BCUT2D eigenvalue weighted by atomic mass is 10.1. The number of halogens is 2. The van der Waals surface area contributed by atoms with E-state index in [0.717, 1.165) is 11.1 Å². The van der Waals surface area contributed by atoms with Gasteiger partial charge in [-0.1, -0.05) is 23.2 Å². The summed E-state index contributed by atoms with van der Waals surface area (Å²) in [5.74, 6) is 0.981. The standard InChI is InChI=1S/C13H12Cl2N2O/c1-2-18-12-7-10(14)9(6-11(12)15)8-4-3-5-17-13(8)16/h3-7H,2H2,1H3,(H2,16,17). The summed E-state index contributed by atoms with van der Waals surface area (Å²) >= 11 is 12.4. The highest BCUT2D eigenvalue weighted by Gasteiger charge is 2.12. The Bertz CT molecular complexity index is 573. The molecule has 0 aliphatic carbocycles. The van der Waals surface area contributed by atoms with Gasteiger partial charge < -0.3 is 10.5 Å². The number of pyridine rings is 1. The number of hydrogen-bond acceptors (Lipinski definition) is 3. The second-order valence-corrected chi connectivity index (χ2v) is 4.45. The van der Waals surface area contributed by atoms with Crippen LogP contribution in [0.15, 0.2) is 30.5 Å². The van der Waals surface area contributed by atoms with Crippen molar-refractivity contribution in [3.05, 3.63) is 40.5 Å². The second-order valence-electron chi connectivity index (χ2n) is 3.63. The zero-order valence-electron chi connectivity index (χ0n) is 9.78. The molecule has 2 aromatic rings. The highest BCUT2D eigenvalue weighted by atomic mass is 35.5. The van der Waals surface area contributed by atoms with Gasteiger partial charge in [-0.15, -0.1) is 0 Å². The molecular formula is C13H12Cl2N2O. The number of aromatic nitrogens is 1. The van der Waals surface area contributed by atoms with E-state index in [4.69, 9.17) is 33.7 Å². The van der Waals surface area contributed by atoms with Crippen LogP contribution in [0.4, 0.5) is 5.82 Å². The van der Waals surface area contributed by atoms with E-state index in [9.17, 15) is 0 Å². The monoisotopic (exact) mass is 282 g/mol. The minimum absolute atomic E-state index is 0.416. The van der Waals surface area contributed by atoms with Gasteiger partial charge in [0.2, 0.25) is 0 Å². The number of nitrogen functional groups attached to an aromatic ring is 1. The lowest BCUT2D eigenvalue weighted by molar-refractivity contribution is 0.340. The van der Waals surface area contributed by atoms with E-state index in [1.807, 2.05) is 13.0 Å². The Balaban J connectivity index is 2.53. The Hall–Kier alpha value is -1.45. The van der Waals surface area contributed by atoms with Gasteiger partial charge in [-0.25, -0.2) is 4.98 Å². The van der Waals surface area contributed by atoms with Crippen LogP contribution in [0.25, 0.3) is 11.1 Å². The van der Waals surface area contributed by atoms with Crippen LogP contribution in [0, 0.1) is 0 Å². The van der Waals surface area contributed by atoms with Crippen molar-refractivity contribution >= 4 is 29.0 Å². The maximum absolute atomic E-state index is 6.22. The Labute approximate surface area is 115 Å². The lowest BCUT2D eigenvalue weighted by Crippen LogP contribution is -1.96. The number of benzene rings is 1. The molecule has 1 heterocycles. The van der Waals surface area contributed by atoms with Gasteiger partial charge in [0.25, 0.3) is 0 Å². The van der Waals surface area contributed by atoms with Crippen molar-refractivity contribution in [2.24, 2.45) is 0 Å². The normalized spacial score (nSPS) is 10.4. The van der Waals surface area contributed by atoms with Gasteiger partial charge in [-0.3, -0.25) is 0 Å². The Morgan fingerprint density at radius 3 is 2.67 bits per heavy atom. The molecule has 0 saturated heterocycles. The van der Waals surface area contributed by atoms with Crippen molar-refractivity contribution in [2.75, 3.05) is 12.3 Å². The minimum atomic E-state index is 0.416. The van der Waals surface area contributed by atoms with Crippen molar-refractivity contribution < 1.29 is 4.74 Å². The first-order chi connectivity index (χ1) is 8.63. The summed E-state index contributed by atoms with van der Waals surface area (Å²) in [5.41, 5.74) is 7.33. The van der Waals surface area contributed by atoms with Crippen LogP contribution >= 0.6 is 23.2 Å². The van der Waals surface area contributed by atoms with Crippen LogP contribution in [0.3, 0.4) is 0 Å². The first-order valence-electron chi connectivity index (χ1n) is 5.46. The molecule has 1 aromatic heterocycles. The summed E-state index contributed by atoms with van der Waals surface area (Å²) in [4.78, 5) is 4.03. The smallest absolute Gasteiger partial charge is 0.139 e. The van der Waals surface area contributed by atoms with Crippen LogP contribution in [0.1, 0.15) is 6.92 Å². The van der Waals surface area contributed by atoms with Crippen LogP contribution in [0.2, 0.25) is 10.0 Å². The van der Waals surface area contributed by atoms with Gasteiger partial charge in [-0.2, -0.15) is 0 Å². The van der Waals surface area contributed by atoms with E-state index in [1.54, 1.807) is 24.4 Å². The maximum atomic E-state index is 6.22. The van der Waals surface area contributed by atoms with Crippen molar-refractivity contribution in [1.29, 1.82) is 0 Å². The summed E-state index contributed by atoms with van der Waals surface area (Å²) in [7, 11) is 0. The molecule has 0 unspecified atom stereocenters. The van der Waals surface area contributed by atoms with E-state index >= 15 is 0 Å². The third-order valence-electron chi connectivity index (χ3n) is 2.45. The van der Waals surface area contributed by atoms with Gasteiger partial charge in [0.1, 0.15) is 11.6 Å². The first kappa shape index (κ1) is 13.0. The number of nitrogens with two attached hydrogens (primary N) is 1. The lowest BCUT2D eigenvalue weighted by Gasteiger charge is -2.11. The molecule has 3 nitrogen and oxygen atoms in total. The molecule has 0 spiro atoms. The van der Waals surface area contributed by atoms with Crippen LogP contribution < -0.4 is 10.5 Å². The fourth-order valence-electron chi connectivity index (χ4n) is 1.65. The van der Waals surface area contributed by atoms with Crippen LogP contribution in [-0.2, 0) is 0 Å².